The Balaban J connectivity index is 1.19. The van der Waals surface area contributed by atoms with Crippen LogP contribution in [0.1, 0.15) is 0 Å². The molecule has 0 aliphatic carbocycles. The molecule has 260 valence electrons. The van der Waals surface area contributed by atoms with Crippen LogP contribution in [0.15, 0.2) is 185 Å². The molecule has 0 amide bonds. The summed E-state index contributed by atoms with van der Waals surface area (Å²) >= 11 is 0. The SMILES string of the molecule is c1ccc(-c2cccc3oc4ccccc4c23)c(-c2nc(-c3cc4c5ccccc5ccc4c4ccccc34)nc(-c3cccc4oc5ccccc5c34)n2)c1. The summed E-state index contributed by atoms with van der Waals surface area (Å²) in [4.78, 5) is 16.1. The lowest BCUT2D eigenvalue weighted by Gasteiger charge is -2.15. The molecule has 0 spiro atoms. The molecule has 56 heavy (non-hydrogen) atoms. The lowest BCUT2D eigenvalue weighted by molar-refractivity contribution is 0.668. The molecule has 0 aliphatic heterocycles. The van der Waals surface area contributed by atoms with Crippen molar-refractivity contribution in [1.82, 2.24) is 15.0 Å². The second-order valence-corrected chi connectivity index (χ2v) is 14.3. The first-order valence-electron chi connectivity index (χ1n) is 18.8. The third kappa shape index (κ3) is 4.58. The molecule has 0 N–H and O–H groups in total. The van der Waals surface area contributed by atoms with E-state index in [2.05, 4.69) is 127 Å². The third-order valence-electron chi connectivity index (χ3n) is 11.1. The zero-order valence-corrected chi connectivity index (χ0v) is 29.9. The maximum Gasteiger partial charge on any atom is 0.164 e. The predicted octanol–water partition coefficient (Wildman–Crippen LogP) is 13.8. The smallest absolute Gasteiger partial charge is 0.164 e. The molecule has 0 saturated carbocycles. The van der Waals surface area contributed by atoms with Gasteiger partial charge in [-0.2, -0.15) is 0 Å². The van der Waals surface area contributed by atoms with Crippen molar-refractivity contribution in [3.8, 4) is 45.3 Å². The molecular formula is C51H29N3O2. The average molecular weight is 716 g/mol. The fourth-order valence-electron chi connectivity index (χ4n) is 8.66. The van der Waals surface area contributed by atoms with Crippen LogP contribution in [0.5, 0.6) is 0 Å². The molecule has 12 rings (SSSR count). The van der Waals surface area contributed by atoms with E-state index in [1.165, 1.54) is 16.2 Å². The molecule has 0 fully saturated rings. The molecule has 5 nitrogen and oxygen atoms in total. The highest BCUT2D eigenvalue weighted by molar-refractivity contribution is 6.21. The summed E-state index contributed by atoms with van der Waals surface area (Å²) in [5.74, 6) is 1.76. The number of aromatic nitrogens is 3. The number of furan rings is 2. The Hall–Kier alpha value is -7.63. The van der Waals surface area contributed by atoms with Gasteiger partial charge in [0.2, 0.25) is 0 Å². The Bertz CT molecular complexity index is 3560. The normalized spacial score (nSPS) is 11.9. The highest BCUT2D eigenvalue weighted by Crippen LogP contribution is 2.43. The number of hydrogen-bond acceptors (Lipinski definition) is 5. The minimum Gasteiger partial charge on any atom is -0.456 e. The van der Waals surface area contributed by atoms with Crippen molar-refractivity contribution >= 4 is 76.2 Å². The second kappa shape index (κ2) is 11.9. The fourth-order valence-corrected chi connectivity index (χ4v) is 8.66. The van der Waals surface area contributed by atoms with Crippen molar-refractivity contribution in [2.45, 2.75) is 0 Å². The third-order valence-corrected chi connectivity index (χ3v) is 11.1. The molecule has 9 aromatic carbocycles. The van der Waals surface area contributed by atoms with Crippen LogP contribution in [0, 0.1) is 0 Å². The minimum atomic E-state index is 0.575. The van der Waals surface area contributed by atoms with Gasteiger partial charge in [-0.25, -0.2) is 15.0 Å². The number of benzene rings is 9. The van der Waals surface area contributed by atoms with Gasteiger partial charge >= 0.3 is 0 Å². The van der Waals surface area contributed by atoms with Crippen molar-refractivity contribution in [1.29, 1.82) is 0 Å². The second-order valence-electron chi connectivity index (χ2n) is 14.3. The van der Waals surface area contributed by atoms with Crippen molar-refractivity contribution in [2.24, 2.45) is 0 Å². The average Bonchev–Trinajstić information content (AvgIpc) is 3.85. The molecule has 12 aromatic rings. The van der Waals surface area contributed by atoms with Gasteiger partial charge in [0.05, 0.1) is 0 Å². The molecule has 3 aromatic heterocycles. The van der Waals surface area contributed by atoms with E-state index < -0.39 is 0 Å². The van der Waals surface area contributed by atoms with Gasteiger partial charge in [0.25, 0.3) is 0 Å². The van der Waals surface area contributed by atoms with Crippen molar-refractivity contribution < 1.29 is 8.83 Å². The van der Waals surface area contributed by atoms with E-state index >= 15 is 0 Å². The molecule has 0 aliphatic rings. The van der Waals surface area contributed by atoms with Gasteiger partial charge in [0.1, 0.15) is 22.3 Å². The van der Waals surface area contributed by atoms with Gasteiger partial charge in [-0.1, -0.05) is 146 Å². The molecule has 0 unspecified atom stereocenters. The molecule has 0 bridgehead atoms. The summed E-state index contributed by atoms with van der Waals surface area (Å²) in [6, 6.07) is 60.9. The van der Waals surface area contributed by atoms with Crippen LogP contribution in [0.4, 0.5) is 0 Å². The maximum atomic E-state index is 6.36. The zero-order chi connectivity index (χ0) is 36.7. The number of rotatable bonds is 4. The highest BCUT2D eigenvalue weighted by atomic mass is 16.3. The van der Waals surface area contributed by atoms with E-state index in [0.29, 0.717) is 17.5 Å². The van der Waals surface area contributed by atoms with Crippen molar-refractivity contribution in [3.63, 3.8) is 0 Å². The summed E-state index contributed by atoms with van der Waals surface area (Å²) in [7, 11) is 0. The van der Waals surface area contributed by atoms with Crippen LogP contribution >= 0.6 is 0 Å². The van der Waals surface area contributed by atoms with Crippen LogP contribution in [0.2, 0.25) is 0 Å². The molecular weight excluding hydrogens is 687 g/mol. The van der Waals surface area contributed by atoms with E-state index in [0.717, 1.165) is 87.9 Å². The van der Waals surface area contributed by atoms with E-state index in [1.54, 1.807) is 0 Å². The minimum absolute atomic E-state index is 0.575. The van der Waals surface area contributed by atoms with E-state index in [9.17, 15) is 0 Å². The topological polar surface area (TPSA) is 65.0 Å². The Morgan fingerprint density at radius 2 is 0.732 bits per heavy atom. The Kier molecular flexibility index (Phi) is 6.56. The van der Waals surface area contributed by atoms with Gasteiger partial charge in [-0.15, -0.1) is 0 Å². The van der Waals surface area contributed by atoms with Gasteiger partial charge in [0, 0.05) is 38.2 Å². The van der Waals surface area contributed by atoms with Crippen molar-refractivity contribution in [2.75, 3.05) is 0 Å². The van der Waals surface area contributed by atoms with Gasteiger partial charge in [-0.3, -0.25) is 0 Å². The lowest BCUT2D eigenvalue weighted by Crippen LogP contribution is -2.02. The van der Waals surface area contributed by atoms with Gasteiger partial charge in [0.15, 0.2) is 17.5 Å². The number of para-hydroxylation sites is 2. The fraction of sp³-hybridized carbons (Fsp3) is 0. The number of fused-ring (bicyclic) bond motifs is 11. The number of hydrogen-bond donors (Lipinski definition) is 0. The molecule has 0 radical (unpaired) electrons. The Morgan fingerprint density at radius 3 is 1.45 bits per heavy atom. The van der Waals surface area contributed by atoms with E-state index in [1.807, 2.05) is 48.5 Å². The van der Waals surface area contributed by atoms with E-state index in [-0.39, 0.29) is 0 Å². The summed E-state index contributed by atoms with van der Waals surface area (Å²) in [6.07, 6.45) is 0. The predicted molar refractivity (Wildman–Crippen MR) is 229 cm³/mol. The van der Waals surface area contributed by atoms with Crippen LogP contribution in [-0.4, -0.2) is 15.0 Å². The Labute approximate surface area is 320 Å². The first-order chi connectivity index (χ1) is 27.8. The monoisotopic (exact) mass is 715 g/mol. The standard InChI is InChI=1S/C51H29N3O2/c1-2-14-31-30(13-1)27-28-35-32-15-3-4-16-33(32)42(29-41(31)35)51-53-49(52-50(54-51)40-22-12-26-46-48(40)39-20-8-10-24-44(39)56-46)37-18-6-5-17-34(37)36-21-11-25-45-47(36)38-19-7-9-23-43(38)55-45/h1-29H. The van der Waals surface area contributed by atoms with Crippen molar-refractivity contribution in [3.05, 3.63) is 176 Å². The first kappa shape index (κ1) is 30.8. The Morgan fingerprint density at radius 1 is 0.268 bits per heavy atom. The van der Waals surface area contributed by atoms with Gasteiger partial charge in [-0.05, 0) is 73.8 Å². The largest absolute Gasteiger partial charge is 0.456 e. The summed E-state index contributed by atoms with van der Waals surface area (Å²) in [5, 5.41) is 11.1. The first-order valence-corrected chi connectivity index (χ1v) is 18.8. The molecule has 5 heteroatoms. The van der Waals surface area contributed by atoms with Gasteiger partial charge < -0.3 is 8.83 Å². The lowest BCUT2D eigenvalue weighted by atomic mass is 9.93. The quantitative estimate of drug-likeness (QED) is 0.170. The van der Waals surface area contributed by atoms with Crippen LogP contribution in [0.3, 0.4) is 0 Å². The van der Waals surface area contributed by atoms with Crippen LogP contribution in [0.25, 0.3) is 121 Å². The molecule has 0 atom stereocenters. The van der Waals surface area contributed by atoms with E-state index in [4.69, 9.17) is 23.8 Å². The summed E-state index contributed by atoms with van der Waals surface area (Å²) < 4.78 is 12.7. The van der Waals surface area contributed by atoms with Crippen LogP contribution in [-0.2, 0) is 0 Å². The number of nitrogens with zero attached hydrogens (tertiary/aromatic N) is 3. The zero-order valence-electron chi connectivity index (χ0n) is 29.9. The molecule has 3 heterocycles. The van der Waals surface area contributed by atoms with Crippen LogP contribution < -0.4 is 0 Å². The maximum absolute atomic E-state index is 6.36. The summed E-state index contributed by atoms with van der Waals surface area (Å²) in [5.41, 5.74) is 8.09. The summed E-state index contributed by atoms with van der Waals surface area (Å²) in [6.45, 7) is 0. The molecule has 0 saturated heterocycles. The highest BCUT2D eigenvalue weighted by Gasteiger charge is 2.22.